The number of nitrogens with zero attached hydrogens (tertiary/aromatic N) is 3. The van der Waals surface area contributed by atoms with E-state index in [0.29, 0.717) is 11.9 Å². The van der Waals surface area contributed by atoms with Crippen LogP contribution in [0.15, 0.2) is 4.42 Å². The Kier molecular flexibility index (Phi) is 3.20. The third-order valence-electron chi connectivity index (χ3n) is 2.70. The maximum Gasteiger partial charge on any atom is 0.318 e. The van der Waals surface area contributed by atoms with Crippen molar-refractivity contribution in [3.63, 3.8) is 0 Å². The Morgan fingerprint density at radius 3 is 2.40 bits per heavy atom. The molecule has 1 saturated heterocycles. The van der Waals surface area contributed by atoms with Crippen molar-refractivity contribution in [2.75, 3.05) is 18.0 Å². The molecule has 0 amide bonds. The number of nitrogens with two attached hydrogens (primary N) is 1. The van der Waals surface area contributed by atoms with Crippen LogP contribution in [0.1, 0.15) is 44.5 Å². The summed E-state index contributed by atoms with van der Waals surface area (Å²) in [5.41, 5.74) is 5.67. The molecule has 84 valence electrons. The number of anilines is 1. The summed E-state index contributed by atoms with van der Waals surface area (Å²) in [6.45, 7) is 3.88. The summed E-state index contributed by atoms with van der Waals surface area (Å²) >= 11 is 0. The second-order valence-corrected chi connectivity index (χ2v) is 4.11. The molecule has 1 unspecified atom stereocenters. The van der Waals surface area contributed by atoms with Crippen LogP contribution in [0.3, 0.4) is 0 Å². The smallest absolute Gasteiger partial charge is 0.318 e. The van der Waals surface area contributed by atoms with Gasteiger partial charge in [0.25, 0.3) is 0 Å². The molecule has 1 aromatic rings. The van der Waals surface area contributed by atoms with Gasteiger partial charge in [-0.2, -0.15) is 0 Å². The van der Waals surface area contributed by atoms with Gasteiger partial charge in [0.15, 0.2) is 0 Å². The average molecular weight is 210 g/mol. The molecule has 0 aliphatic carbocycles. The maximum atomic E-state index is 5.67. The monoisotopic (exact) mass is 210 g/mol. The molecule has 0 saturated carbocycles. The largest absolute Gasteiger partial charge is 0.406 e. The topological polar surface area (TPSA) is 68.2 Å². The summed E-state index contributed by atoms with van der Waals surface area (Å²) in [6.07, 6.45) is 5.00. The van der Waals surface area contributed by atoms with Crippen LogP contribution in [-0.2, 0) is 0 Å². The minimum Gasteiger partial charge on any atom is -0.406 e. The molecule has 2 rings (SSSR count). The molecule has 0 spiro atoms. The van der Waals surface area contributed by atoms with Gasteiger partial charge in [0.05, 0.1) is 6.04 Å². The van der Waals surface area contributed by atoms with E-state index in [9.17, 15) is 0 Å². The van der Waals surface area contributed by atoms with Gasteiger partial charge in [0, 0.05) is 13.1 Å². The number of hydrogen-bond donors (Lipinski definition) is 1. The molecule has 1 aliphatic rings. The van der Waals surface area contributed by atoms with Crippen LogP contribution in [0.2, 0.25) is 0 Å². The molecule has 5 nitrogen and oxygen atoms in total. The van der Waals surface area contributed by atoms with Crippen molar-refractivity contribution in [3.8, 4) is 0 Å². The highest BCUT2D eigenvalue weighted by Gasteiger charge is 2.17. The van der Waals surface area contributed by atoms with Crippen molar-refractivity contribution < 1.29 is 4.42 Å². The lowest BCUT2D eigenvalue weighted by molar-refractivity contribution is 0.456. The zero-order chi connectivity index (χ0) is 10.7. The Balaban J connectivity index is 2.06. The predicted octanol–water partition coefficient (Wildman–Crippen LogP) is 1.47. The molecular formula is C10H18N4O. The van der Waals surface area contributed by atoms with Crippen LogP contribution in [-0.4, -0.2) is 23.3 Å². The van der Waals surface area contributed by atoms with Crippen LogP contribution >= 0.6 is 0 Å². The second-order valence-electron chi connectivity index (χ2n) is 4.11. The van der Waals surface area contributed by atoms with E-state index in [4.69, 9.17) is 10.2 Å². The summed E-state index contributed by atoms with van der Waals surface area (Å²) in [4.78, 5) is 2.16. The van der Waals surface area contributed by atoms with Crippen LogP contribution in [0.4, 0.5) is 6.01 Å². The van der Waals surface area contributed by atoms with Crippen molar-refractivity contribution in [1.29, 1.82) is 0 Å². The van der Waals surface area contributed by atoms with Crippen molar-refractivity contribution in [3.05, 3.63) is 5.89 Å². The fourth-order valence-electron chi connectivity index (χ4n) is 1.80. The molecule has 1 atom stereocenters. The van der Waals surface area contributed by atoms with E-state index in [1.54, 1.807) is 0 Å². The number of aromatic nitrogens is 2. The summed E-state index contributed by atoms with van der Waals surface area (Å²) in [6, 6.07) is 0.447. The average Bonchev–Trinajstić information content (AvgIpc) is 2.55. The lowest BCUT2D eigenvalue weighted by atomic mass is 10.2. The Bertz CT molecular complexity index is 302. The van der Waals surface area contributed by atoms with Gasteiger partial charge >= 0.3 is 6.01 Å². The second kappa shape index (κ2) is 4.61. The molecule has 1 fully saturated rings. The van der Waals surface area contributed by atoms with Crippen molar-refractivity contribution in [1.82, 2.24) is 10.2 Å². The minimum atomic E-state index is -0.182. The Labute approximate surface area is 89.6 Å². The quantitative estimate of drug-likeness (QED) is 0.800. The highest BCUT2D eigenvalue weighted by atomic mass is 16.4. The number of hydrogen-bond acceptors (Lipinski definition) is 5. The van der Waals surface area contributed by atoms with E-state index >= 15 is 0 Å². The fourth-order valence-corrected chi connectivity index (χ4v) is 1.80. The predicted molar refractivity (Wildman–Crippen MR) is 57.6 cm³/mol. The zero-order valence-electron chi connectivity index (χ0n) is 9.15. The summed E-state index contributed by atoms with van der Waals surface area (Å²) < 4.78 is 5.52. The first kappa shape index (κ1) is 10.4. The molecule has 2 heterocycles. The Morgan fingerprint density at radius 1 is 1.20 bits per heavy atom. The van der Waals surface area contributed by atoms with E-state index in [0.717, 1.165) is 13.1 Å². The first-order valence-corrected chi connectivity index (χ1v) is 5.61. The summed E-state index contributed by atoms with van der Waals surface area (Å²) in [7, 11) is 0. The highest BCUT2D eigenvalue weighted by Crippen LogP contribution is 2.19. The van der Waals surface area contributed by atoms with E-state index < -0.39 is 0 Å². The van der Waals surface area contributed by atoms with E-state index in [-0.39, 0.29) is 6.04 Å². The molecule has 2 N–H and O–H groups in total. The van der Waals surface area contributed by atoms with Crippen molar-refractivity contribution in [2.24, 2.45) is 5.73 Å². The molecule has 0 bridgehead atoms. The molecular weight excluding hydrogens is 192 g/mol. The molecule has 1 aromatic heterocycles. The van der Waals surface area contributed by atoms with Crippen LogP contribution in [0, 0.1) is 0 Å². The lowest BCUT2D eigenvalue weighted by Crippen LogP contribution is -2.24. The lowest BCUT2D eigenvalue weighted by Gasteiger charge is -2.16. The number of rotatable bonds is 2. The zero-order valence-corrected chi connectivity index (χ0v) is 9.15. The van der Waals surface area contributed by atoms with Crippen molar-refractivity contribution in [2.45, 2.75) is 38.6 Å². The maximum absolute atomic E-state index is 5.67. The van der Waals surface area contributed by atoms with Gasteiger partial charge < -0.3 is 15.1 Å². The van der Waals surface area contributed by atoms with Gasteiger partial charge in [0.2, 0.25) is 5.89 Å². The van der Waals surface area contributed by atoms with Gasteiger partial charge in [-0.05, 0) is 19.8 Å². The van der Waals surface area contributed by atoms with Crippen molar-refractivity contribution >= 4 is 6.01 Å². The standard InChI is InChI=1S/C10H18N4O/c1-8(11)9-12-13-10(15-9)14-6-4-2-3-5-7-14/h8H,2-7,11H2,1H3. The molecule has 1 aliphatic heterocycles. The Morgan fingerprint density at radius 2 is 1.87 bits per heavy atom. The van der Waals surface area contributed by atoms with Gasteiger partial charge in [-0.3, -0.25) is 0 Å². The van der Waals surface area contributed by atoms with Gasteiger partial charge in [-0.1, -0.05) is 17.9 Å². The summed E-state index contributed by atoms with van der Waals surface area (Å²) in [5, 5.41) is 7.97. The molecule has 5 heteroatoms. The van der Waals surface area contributed by atoms with Gasteiger partial charge in [0.1, 0.15) is 0 Å². The van der Waals surface area contributed by atoms with Crippen LogP contribution < -0.4 is 10.6 Å². The van der Waals surface area contributed by atoms with Gasteiger partial charge in [-0.15, -0.1) is 5.10 Å². The highest BCUT2D eigenvalue weighted by molar-refractivity contribution is 5.24. The van der Waals surface area contributed by atoms with E-state index in [1.807, 2.05) is 6.92 Å². The fraction of sp³-hybridized carbons (Fsp3) is 0.800. The van der Waals surface area contributed by atoms with E-state index in [2.05, 4.69) is 15.1 Å². The first-order valence-electron chi connectivity index (χ1n) is 5.61. The third-order valence-corrected chi connectivity index (χ3v) is 2.70. The molecule has 0 radical (unpaired) electrons. The molecule has 0 aromatic carbocycles. The normalized spacial score (nSPS) is 20.0. The minimum absolute atomic E-state index is 0.182. The third kappa shape index (κ3) is 2.47. The van der Waals surface area contributed by atoms with Crippen LogP contribution in [0.5, 0.6) is 0 Å². The van der Waals surface area contributed by atoms with Gasteiger partial charge in [-0.25, -0.2) is 0 Å². The summed E-state index contributed by atoms with van der Waals surface area (Å²) in [5.74, 6) is 0.522. The van der Waals surface area contributed by atoms with Crippen LogP contribution in [0.25, 0.3) is 0 Å². The SMILES string of the molecule is CC(N)c1nnc(N2CCCCCC2)o1. The van der Waals surface area contributed by atoms with E-state index in [1.165, 1.54) is 25.7 Å². The first-order chi connectivity index (χ1) is 7.27. The Hall–Kier alpha value is -1.10. The molecule has 15 heavy (non-hydrogen) atoms.